The molecule has 0 aromatic carbocycles. The first-order chi connectivity index (χ1) is 33.6. The van der Waals surface area contributed by atoms with Crippen LogP contribution in [0.3, 0.4) is 0 Å². The molecule has 0 aromatic heterocycles. The molecule has 15 atom stereocenters. The number of aliphatic hydroxyl groups is 2. The molecule has 2 bridgehead atoms. The van der Waals surface area contributed by atoms with Crippen molar-refractivity contribution in [1.82, 2.24) is 9.96 Å². The van der Waals surface area contributed by atoms with Crippen molar-refractivity contribution in [3.63, 3.8) is 0 Å². The predicted molar refractivity (Wildman–Crippen MR) is 267 cm³/mol. The number of allylic oxidation sites excluding steroid dienone is 7. The highest BCUT2D eigenvalue weighted by Gasteiger charge is 2.53. The molecule has 4 rings (SSSR count). The van der Waals surface area contributed by atoms with Crippen LogP contribution in [0.4, 0.5) is 4.79 Å². The van der Waals surface area contributed by atoms with E-state index in [4.69, 9.17) is 28.5 Å². The number of rotatable bonds is 8. The summed E-state index contributed by atoms with van der Waals surface area (Å²) in [5, 5.41) is 24.5. The largest absolute Gasteiger partial charge is 0.460 e. The number of fused-ring (bicyclic) bond motifs is 3. The zero-order valence-corrected chi connectivity index (χ0v) is 44.6. The minimum absolute atomic E-state index is 0.0286. The number of cyclic esters (lactones) is 1. The average Bonchev–Trinajstić information content (AvgIpc) is 3.35. The van der Waals surface area contributed by atoms with E-state index in [0.29, 0.717) is 69.8 Å². The highest BCUT2D eigenvalue weighted by Crippen LogP contribution is 2.39. The summed E-state index contributed by atoms with van der Waals surface area (Å²) >= 11 is 0. The van der Waals surface area contributed by atoms with Crippen LogP contribution < -0.4 is 0 Å². The SMILES string of the molecule is CC[C@H]1C[C@@H]2CCC(C)C(O)(O2)C(=O)C(=O)N2CCCCC2C(=O)O[C@H]([C@H](C)CC2CC[C@@H](OC(=O)N(C)OC)C(OC)C2)CC(=O)[C@H](C)/C=C(\C)[C@@H](O)C(OC)C(=O)C(C)C[C@H](C)/C=C/C=CC=C1C. The molecular formula is C55H86N2O14. The van der Waals surface area contributed by atoms with Gasteiger partial charge in [-0.05, 0) is 120 Å². The van der Waals surface area contributed by atoms with Crippen LogP contribution in [0.25, 0.3) is 0 Å². The third kappa shape index (κ3) is 16.0. The Morgan fingerprint density at radius 1 is 0.901 bits per heavy atom. The van der Waals surface area contributed by atoms with E-state index in [9.17, 15) is 39.0 Å². The molecule has 1 saturated carbocycles. The molecule has 400 valence electrons. The summed E-state index contributed by atoms with van der Waals surface area (Å²) in [4.78, 5) is 90.0. The molecule has 16 nitrogen and oxygen atoms in total. The maximum absolute atomic E-state index is 14.5. The Balaban J connectivity index is 1.69. The molecule has 0 radical (unpaired) electrons. The van der Waals surface area contributed by atoms with Crippen molar-refractivity contribution in [2.75, 3.05) is 34.9 Å². The van der Waals surface area contributed by atoms with Crippen molar-refractivity contribution in [2.45, 2.75) is 187 Å². The number of aliphatic hydroxyl groups excluding tert-OH is 1. The van der Waals surface area contributed by atoms with Gasteiger partial charge in [0, 0.05) is 52.0 Å². The number of amides is 2. The Morgan fingerprint density at radius 2 is 1.62 bits per heavy atom. The van der Waals surface area contributed by atoms with Gasteiger partial charge in [0.2, 0.25) is 5.79 Å². The number of hydrogen-bond donors (Lipinski definition) is 2. The quantitative estimate of drug-likeness (QED) is 0.103. The van der Waals surface area contributed by atoms with E-state index in [1.54, 1.807) is 34.0 Å². The van der Waals surface area contributed by atoms with Crippen LogP contribution in [-0.2, 0) is 52.5 Å². The molecule has 16 heteroatoms. The summed E-state index contributed by atoms with van der Waals surface area (Å²) in [6.45, 7) is 15.0. The van der Waals surface area contributed by atoms with Gasteiger partial charge in [0.05, 0.1) is 19.3 Å². The number of hydrogen-bond acceptors (Lipinski definition) is 14. The number of piperidine rings is 1. The van der Waals surface area contributed by atoms with Crippen LogP contribution >= 0.6 is 0 Å². The van der Waals surface area contributed by atoms with Crippen LogP contribution in [0, 0.1) is 41.4 Å². The van der Waals surface area contributed by atoms with E-state index in [1.165, 1.54) is 26.2 Å². The maximum atomic E-state index is 14.5. The third-order valence-electron chi connectivity index (χ3n) is 15.7. The average molecular weight is 999 g/mol. The number of ether oxygens (including phenoxy) is 5. The highest BCUT2D eigenvalue weighted by atomic mass is 16.7. The number of carbonyl (C=O) groups excluding carboxylic acids is 6. The van der Waals surface area contributed by atoms with Crippen molar-refractivity contribution >= 4 is 35.3 Å². The van der Waals surface area contributed by atoms with E-state index >= 15 is 0 Å². The van der Waals surface area contributed by atoms with Crippen molar-refractivity contribution in [2.24, 2.45) is 41.4 Å². The molecule has 4 aliphatic rings. The van der Waals surface area contributed by atoms with Crippen molar-refractivity contribution < 1.29 is 67.5 Å². The fourth-order valence-electron chi connectivity index (χ4n) is 10.8. The Hall–Kier alpha value is -4.06. The first-order valence-electron chi connectivity index (χ1n) is 26.0. The lowest BCUT2D eigenvalue weighted by molar-refractivity contribution is -0.264. The van der Waals surface area contributed by atoms with E-state index in [-0.39, 0.29) is 48.7 Å². The van der Waals surface area contributed by atoms with Gasteiger partial charge < -0.3 is 38.8 Å². The summed E-state index contributed by atoms with van der Waals surface area (Å²) < 4.78 is 29.7. The third-order valence-corrected chi connectivity index (χ3v) is 15.7. The second-order valence-electron chi connectivity index (χ2n) is 21.0. The highest BCUT2D eigenvalue weighted by molar-refractivity contribution is 6.39. The summed E-state index contributed by atoms with van der Waals surface area (Å²) in [5.41, 5.74) is 1.47. The molecule has 71 heavy (non-hydrogen) atoms. The number of carbonyl (C=O) groups is 6. The summed E-state index contributed by atoms with van der Waals surface area (Å²) in [6, 6.07) is -1.16. The van der Waals surface area contributed by atoms with Gasteiger partial charge in [0.15, 0.2) is 5.78 Å². The van der Waals surface area contributed by atoms with E-state index in [1.807, 2.05) is 58.1 Å². The number of Topliss-reactive ketones (excluding diaryl/α,β-unsaturated/α-hetero) is 3. The van der Waals surface area contributed by atoms with Gasteiger partial charge in [-0.15, -0.1) is 0 Å². The van der Waals surface area contributed by atoms with Gasteiger partial charge in [0.1, 0.15) is 36.2 Å². The zero-order valence-electron chi connectivity index (χ0n) is 44.6. The normalized spacial score (nSPS) is 36.7. The standard InChI is InChI=1S/C55H86N2O14/c1-13-41-31-42-24-22-39(8)55(65,71-42)51(61)52(62)57-26-18-17-21-43(57)53(63)69-46(36(5)29-40-23-25-45(47(30-40)66-10)70-54(64)56(9)68-12)32-44(58)35(4)28-38(7)49(60)50(67-11)48(59)37(6)27-33(2)19-15-14-16-20-34(41)3/h14-16,19-20,28,33,35-37,39-43,45-47,49-50,60,65H,13,17-18,21-27,29-32H2,1-12H3/b16-14?,19-15+,34-20?,38-28+/t33-,35-,36-,37?,39?,40?,41+,42+,43?,45-,46+,47?,49-,50?,55?/m1/s1. The number of hydroxylamine groups is 2. The summed E-state index contributed by atoms with van der Waals surface area (Å²) in [5.74, 6) is -8.00. The van der Waals surface area contributed by atoms with E-state index in [0.717, 1.165) is 17.1 Å². The molecular weight excluding hydrogens is 913 g/mol. The Bertz CT molecular complexity index is 1950. The molecule has 1 aliphatic carbocycles. The minimum atomic E-state index is -2.40. The molecule has 2 N–H and O–H groups in total. The van der Waals surface area contributed by atoms with Gasteiger partial charge >= 0.3 is 12.1 Å². The smallest absolute Gasteiger partial charge is 0.434 e. The number of nitrogens with zero attached hydrogens (tertiary/aromatic N) is 2. The van der Waals surface area contributed by atoms with Gasteiger partial charge in [0.25, 0.3) is 11.7 Å². The topological polar surface area (TPSA) is 205 Å². The molecule has 0 aromatic rings. The zero-order chi connectivity index (χ0) is 52.7. The first kappa shape index (κ1) is 59.5. The van der Waals surface area contributed by atoms with Crippen LogP contribution in [-0.4, -0.2) is 139 Å². The van der Waals surface area contributed by atoms with Gasteiger partial charge in [-0.3, -0.25) is 24.0 Å². The fraction of sp³-hybridized carbons (Fsp3) is 0.745. The Morgan fingerprint density at radius 3 is 2.28 bits per heavy atom. The van der Waals surface area contributed by atoms with Gasteiger partial charge in [-0.25, -0.2) is 9.59 Å². The van der Waals surface area contributed by atoms with Crippen LogP contribution in [0.2, 0.25) is 0 Å². The molecule has 0 spiro atoms. The van der Waals surface area contributed by atoms with Crippen LogP contribution in [0.15, 0.2) is 47.6 Å². The number of ketones is 3. The van der Waals surface area contributed by atoms with E-state index in [2.05, 4.69) is 6.92 Å². The lowest BCUT2D eigenvalue weighted by Crippen LogP contribution is -2.60. The van der Waals surface area contributed by atoms with Crippen molar-refractivity contribution in [1.29, 1.82) is 0 Å². The molecule has 2 amide bonds. The molecule has 7 unspecified atom stereocenters. The van der Waals surface area contributed by atoms with E-state index < -0.39 is 95.9 Å². The second-order valence-corrected chi connectivity index (χ2v) is 21.0. The maximum Gasteiger partial charge on any atom is 0.434 e. The number of methoxy groups -OCH3 is 2. The molecule has 2 saturated heterocycles. The second kappa shape index (κ2) is 27.8. The predicted octanol–water partition coefficient (Wildman–Crippen LogP) is 7.83. The molecule has 3 fully saturated rings. The van der Waals surface area contributed by atoms with Crippen LogP contribution in [0.5, 0.6) is 0 Å². The minimum Gasteiger partial charge on any atom is -0.460 e. The Kier molecular flexibility index (Phi) is 23.3. The van der Waals surface area contributed by atoms with Crippen LogP contribution in [0.1, 0.15) is 139 Å². The monoisotopic (exact) mass is 999 g/mol. The fourth-order valence-corrected chi connectivity index (χ4v) is 10.8. The molecule has 3 aliphatic heterocycles. The summed E-state index contributed by atoms with van der Waals surface area (Å²) in [7, 11) is 5.75. The lowest BCUT2D eigenvalue weighted by Gasteiger charge is -2.43. The first-order valence-corrected chi connectivity index (χ1v) is 26.0. The number of esters is 1. The van der Waals surface area contributed by atoms with Gasteiger partial charge in [-0.1, -0.05) is 83.6 Å². The van der Waals surface area contributed by atoms with Crippen molar-refractivity contribution in [3.8, 4) is 0 Å². The lowest BCUT2D eigenvalue weighted by atomic mass is 9.78. The molecule has 3 heterocycles. The Labute approximate surface area is 422 Å². The summed E-state index contributed by atoms with van der Waals surface area (Å²) in [6.07, 6.45) is 12.1. The van der Waals surface area contributed by atoms with Crippen molar-refractivity contribution in [3.05, 3.63) is 47.6 Å². The van der Waals surface area contributed by atoms with Gasteiger partial charge in [-0.2, -0.15) is 5.06 Å².